The lowest BCUT2D eigenvalue weighted by Gasteiger charge is -2.35. The number of aryl methyl sites for hydroxylation is 1. The van der Waals surface area contributed by atoms with E-state index < -0.39 is 11.7 Å². The van der Waals surface area contributed by atoms with E-state index in [1.54, 1.807) is 12.3 Å². The zero-order valence-electron chi connectivity index (χ0n) is 22.9. The molecule has 3 aliphatic carbocycles. The molecule has 214 valence electrons. The minimum atomic E-state index is -4.48. The Balaban J connectivity index is 1.17. The molecule has 2 heterocycles. The van der Waals surface area contributed by atoms with Gasteiger partial charge in [0.15, 0.2) is 0 Å². The predicted molar refractivity (Wildman–Crippen MR) is 148 cm³/mol. The van der Waals surface area contributed by atoms with E-state index in [2.05, 4.69) is 27.0 Å². The van der Waals surface area contributed by atoms with Gasteiger partial charge in [0.1, 0.15) is 17.7 Å². The standard InChI is InChI=1S/C30H36F3N5O2/c1-38(2)11-3-4-19-12-23(30(31,32)33)17-24(13-19)37-28(39)6-5-20-16-27(22-14-21(20)15-22)40-25-7-8-34-26(18-25)29-35-9-10-36-29/h7-8,12-14,17-18,20,29,35-36H,3-6,9-11,15-16H2,1-2H3,(H,37,39). The second kappa shape index (κ2) is 12.1. The van der Waals surface area contributed by atoms with Crippen LogP contribution in [0.5, 0.6) is 5.75 Å². The van der Waals surface area contributed by atoms with Crippen LogP contribution in [0.4, 0.5) is 18.9 Å². The summed E-state index contributed by atoms with van der Waals surface area (Å²) >= 11 is 0. The molecule has 2 bridgehead atoms. The maximum absolute atomic E-state index is 13.5. The van der Waals surface area contributed by atoms with Gasteiger partial charge in [-0.25, -0.2) is 0 Å². The molecule has 3 N–H and O–H groups in total. The molecule has 2 aromatic rings. The molecule has 0 saturated carbocycles. The smallest absolute Gasteiger partial charge is 0.416 e. The lowest BCUT2D eigenvalue weighted by atomic mass is 9.73. The van der Waals surface area contributed by atoms with Gasteiger partial charge in [0.25, 0.3) is 0 Å². The number of halogens is 3. The zero-order valence-corrected chi connectivity index (χ0v) is 22.9. The van der Waals surface area contributed by atoms with E-state index in [1.807, 2.05) is 31.1 Å². The lowest BCUT2D eigenvalue weighted by molar-refractivity contribution is -0.137. The summed E-state index contributed by atoms with van der Waals surface area (Å²) < 4.78 is 46.8. The van der Waals surface area contributed by atoms with E-state index in [1.165, 1.54) is 17.2 Å². The van der Waals surface area contributed by atoms with Gasteiger partial charge in [0, 0.05) is 43.9 Å². The van der Waals surface area contributed by atoms with Crippen molar-refractivity contribution in [1.29, 1.82) is 0 Å². The number of hydrogen-bond acceptors (Lipinski definition) is 6. The van der Waals surface area contributed by atoms with E-state index in [0.29, 0.717) is 24.8 Å². The summed E-state index contributed by atoms with van der Waals surface area (Å²) in [7, 11) is 3.86. The summed E-state index contributed by atoms with van der Waals surface area (Å²) in [6, 6.07) is 7.62. The van der Waals surface area contributed by atoms with E-state index >= 15 is 0 Å². The number of aromatic nitrogens is 1. The van der Waals surface area contributed by atoms with Gasteiger partial charge in [-0.15, -0.1) is 0 Å². The normalized spacial score (nSPS) is 19.1. The number of anilines is 1. The number of benzene rings is 1. The number of alkyl halides is 3. The summed E-state index contributed by atoms with van der Waals surface area (Å²) in [6.07, 6.45) is 3.01. The fourth-order valence-electron chi connectivity index (χ4n) is 5.44. The van der Waals surface area contributed by atoms with Crippen molar-refractivity contribution in [2.45, 2.75) is 50.9 Å². The molecule has 6 rings (SSSR count). The Kier molecular flexibility index (Phi) is 8.58. The third kappa shape index (κ3) is 7.10. The van der Waals surface area contributed by atoms with E-state index in [0.717, 1.165) is 55.7 Å². The molecule has 1 saturated heterocycles. The Morgan fingerprint density at radius 3 is 2.67 bits per heavy atom. The zero-order chi connectivity index (χ0) is 28.3. The number of nitrogens with one attached hydrogen (secondary N) is 3. The Labute approximate surface area is 232 Å². The van der Waals surface area contributed by atoms with Gasteiger partial charge in [-0.2, -0.15) is 13.2 Å². The second-order valence-corrected chi connectivity index (χ2v) is 11.0. The molecule has 1 amide bonds. The Hall–Kier alpha value is -3.21. The molecule has 1 atom stereocenters. The van der Waals surface area contributed by atoms with Crippen LogP contribution in [0.25, 0.3) is 0 Å². The number of carbonyl (C=O) groups is 1. The Morgan fingerprint density at radius 1 is 1.18 bits per heavy atom. The molecule has 40 heavy (non-hydrogen) atoms. The summed E-state index contributed by atoms with van der Waals surface area (Å²) in [5.41, 5.74) is 3.37. The van der Waals surface area contributed by atoms with Crippen LogP contribution in [0.2, 0.25) is 0 Å². The van der Waals surface area contributed by atoms with Crippen LogP contribution >= 0.6 is 0 Å². The van der Waals surface area contributed by atoms with E-state index in [9.17, 15) is 18.0 Å². The van der Waals surface area contributed by atoms with Gasteiger partial charge < -0.3 is 15.0 Å². The van der Waals surface area contributed by atoms with Crippen LogP contribution in [-0.2, 0) is 17.4 Å². The number of allylic oxidation sites excluding steroid dienone is 4. The number of fused-ring (bicyclic) bond motifs is 2. The van der Waals surface area contributed by atoms with E-state index in [-0.39, 0.29) is 30.1 Å². The number of nitrogens with zero attached hydrogens (tertiary/aromatic N) is 2. The molecule has 1 aromatic carbocycles. The summed E-state index contributed by atoms with van der Waals surface area (Å²) in [4.78, 5) is 19.2. The first-order valence-electron chi connectivity index (χ1n) is 13.8. The fraction of sp³-hybridized carbons (Fsp3) is 0.467. The molecule has 1 aromatic heterocycles. The van der Waals surface area contributed by atoms with Gasteiger partial charge in [0.05, 0.1) is 11.3 Å². The van der Waals surface area contributed by atoms with Crippen molar-refractivity contribution in [1.82, 2.24) is 20.5 Å². The number of amides is 1. The molecule has 1 unspecified atom stereocenters. The highest BCUT2D eigenvalue weighted by Crippen LogP contribution is 2.45. The quantitative estimate of drug-likeness (QED) is 0.354. The van der Waals surface area contributed by atoms with Crippen molar-refractivity contribution >= 4 is 11.6 Å². The highest BCUT2D eigenvalue weighted by atomic mass is 19.4. The van der Waals surface area contributed by atoms with Crippen molar-refractivity contribution < 1.29 is 22.7 Å². The number of rotatable bonds is 11. The van der Waals surface area contributed by atoms with Gasteiger partial charge in [-0.05, 0) is 87.6 Å². The largest absolute Gasteiger partial charge is 0.461 e. The maximum Gasteiger partial charge on any atom is 0.416 e. The second-order valence-electron chi connectivity index (χ2n) is 11.0. The summed E-state index contributed by atoms with van der Waals surface area (Å²) in [6.45, 7) is 2.55. The third-order valence-electron chi connectivity index (χ3n) is 7.57. The monoisotopic (exact) mass is 555 g/mol. The van der Waals surface area contributed by atoms with Crippen LogP contribution in [0.3, 0.4) is 0 Å². The highest BCUT2D eigenvalue weighted by Gasteiger charge is 2.33. The first kappa shape index (κ1) is 28.3. The molecule has 10 heteroatoms. The third-order valence-corrected chi connectivity index (χ3v) is 7.57. The molecular formula is C30H36F3N5O2. The topological polar surface area (TPSA) is 78.5 Å². The number of hydrogen-bond donors (Lipinski definition) is 3. The fourth-order valence-corrected chi connectivity index (χ4v) is 5.44. The van der Waals surface area contributed by atoms with Crippen LogP contribution in [0.15, 0.2) is 59.5 Å². The van der Waals surface area contributed by atoms with Crippen molar-refractivity contribution in [2.24, 2.45) is 5.92 Å². The Morgan fingerprint density at radius 2 is 1.95 bits per heavy atom. The first-order chi connectivity index (χ1) is 19.1. The molecule has 1 fully saturated rings. The number of ether oxygens (including phenoxy) is 1. The van der Waals surface area contributed by atoms with Crippen molar-refractivity contribution in [3.05, 3.63) is 76.3 Å². The first-order valence-corrected chi connectivity index (χ1v) is 13.8. The van der Waals surface area contributed by atoms with Gasteiger partial charge in [-0.3, -0.25) is 20.4 Å². The van der Waals surface area contributed by atoms with Crippen LogP contribution in [-0.4, -0.2) is 49.5 Å². The minimum absolute atomic E-state index is 0.0139. The average Bonchev–Trinajstić information content (AvgIpc) is 3.41. The molecular weight excluding hydrogens is 519 g/mol. The van der Waals surface area contributed by atoms with Crippen molar-refractivity contribution in [2.75, 3.05) is 39.0 Å². The van der Waals surface area contributed by atoms with E-state index in [4.69, 9.17) is 4.74 Å². The molecule has 1 aliphatic heterocycles. The molecule has 4 aliphatic rings. The molecule has 7 nitrogen and oxygen atoms in total. The molecule has 0 spiro atoms. The highest BCUT2D eigenvalue weighted by molar-refractivity contribution is 5.91. The predicted octanol–water partition coefficient (Wildman–Crippen LogP) is 5.19. The molecule has 0 radical (unpaired) electrons. The average molecular weight is 556 g/mol. The SMILES string of the molecule is CN(C)CCCc1cc(NC(=O)CCC2CC(Oc3ccnc(C4NCCN4)c3)=C3C=C2C3)cc(C(F)(F)F)c1. The summed E-state index contributed by atoms with van der Waals surface area (Å²) in [5.74, 6) is 1.52. The number of pyridine rings is 1. The van der Waals surface area contributed by atoms with Gasteiger partial charge in [-0.1, -0.05) is 11.6 Å². The lowest BCUT2D eigenvalue weighted by Crippen LogP contribution is -2.24. The summed E-state index contributed by atoms with van der Waals surface area (Å²) in [5, 5.41) is 9.42. The van der Waals surface area contributed by atoms with Crippen molar-refractivity contribution in [3.8, 4) is 5.75 Å². The van der Waals surface area contributed by atoms with Crippen LogP contribution in [0.1, 0.15) is 55.1 Å². The maximum atomic E-state index is 13.5. The number of carbonyl (C=O) groups excluding carboxylic acids is 1. The van der Waals surface area contributed by atoms with Crippen LogP contribution < -0.4 is 20.7 Å². The Bertz CT molecular complexity index is 1300. The minimum Gasteiger partial charge on any atom is -0.461 e. The van der Waals surface area contributed by atoms with Crippen LogP contribution in [0, 0.1) is 5.92 Å². The van der Waals surface area contributed by atoms with Crippen molar-refractivity contribution in [3.63, 3.8) is 0 Å². The van der Waals surface area contributed by atoms with Gasteiger partial charge in [0.2, 0.25) is 5.91 Å². The van der Waals surface area contributed by atoms with Gasteiger partial charge >= 0.3 is 6.18 Å².